The highest BCUT2D eigenvalue weighted by Gasteiger charge is 2.03. The third-order valence-electron chi connectivity index (χ3n) is 1.76. The van der Waals surface area contributed by atoms with Gasteiger partial charge in [0.25, 0.3) is 0 Å². The van der Waals surface area contributed by atoms with Gasteiger partial charge in [-0.3, -0.25) is 4.90 Å². The van der Waals surface area contributed by atoms with Crippen molar-refractivity contribution in [2.24, 2.45) is 0 Å². The fourth-order valence-corrected chi connectivity index (χ4v) is 1.11. The van der Waals surface area contributed by atoms with Crippen LogP contribution in [0.4, 0.5) is 0 Å². The molecule has 5 heteroatoms. The van der Waals surface area contributed by atoms with Crippen LogP contribution in [0.15, 0.2) is 24.3 Å². The number of aromatic nitrogens is 3. The Morgan fingerprint density at radius 1 is 1.36 bits per heavy atom. The van der Waals surface area contributed by atoms with Crippen molar-refractivity contribution in [3.05, 3.63) is 24.3 Å². The molecule has 0 aliphatic carbocycles. The smallest absolute Gasteiger partial charge is 0.170 e. The molecule has 1 aromatic heterocycles. The molecule has 1 aromatic carbocycles. The van der Waals surface area contributed by atoms with Gasteiger partial charge in [0.15, 0.2) is 6.73 Å². The van der Waals surface area contributed by atoms with Gasteiger partial charge < -0.3 is 4.84 Å². The Morgan fingerprint density at radius 3 is 2.93 bits per heavy atom. The predicted molar refractivity (Wildman–Crippen MR) is 52.7 cm³/mol. The summed E-state index contributed by atoms with van der Waals surface area (Å²) in [7, 11) is 3.86. The van der Waals surface area contributed by atoms with Crippen LogP contribution in [-0.2, 0) is 0 Å². The molecule has 74 valence electrons. The molecule has 2 aromatic rings. The molecule has 0 amide bonds. The van der Waals surface area contributed by atoms with Crippen molar-refractivity contribution in [1.82, 2.24) is 20.1 Å². The van der Waals surface area contributed by atoms with Crippen molar-refractivity contribution >= 4 is 11.0 Å². The van der Waals surface area contributed by atoms with Crippen molar-refractivity contribution in [3.63, 3.8) is 0 Å². The lowest BCUT2D eigenvalue weighted by Crippen LogP contribution is -2.25. The van der Waals surface area contributed by atoms with Crippen molar-refractivity contribution in [2.45, 2.75) is 0 Å². The van der Waals surface area contributed by atoms with Gasteiger partial charge in [0, 0.05) is 0 Å². The molecule has 0 aliphatic heterocycles. The van der Waals surface area contributed by atoms with Crippen LogP contribution in [0.5, 0.6) is 0 Å². The quantitative estimate of drug-likeness (QED) is 0.659. The number of hydrogen-bond donors (Lipinski definition) is 0. The molecule has 0 fully saturated rings. The molecule has 14 heavy (non-hydrogen) atoms. The second-order valence-electron chi connectivity index (χ2n) is 3.29. The van der Waals surface area contributed by atoms with E-state index in [9.17, 15) is 0 Å². The second kappa shape index (κ2) is 3.63. The number of fused-ring (bicyclic) bond motifs is 1. The number of nitrogens with zero attached hydrogens (tertiary/aromatic N) is 4. The fraction of sp³-hybridized carbons (Fsp3) is 0.333. The molecule has 0 atom stereocenters. The van der Waals surface area contributed by atoms with Gasteiger partial charge in [0.2, 0.25) is 0 Å². The third-order valence-corrected chi connectivity index (χ3v) is 1.76. The Hall–Kier alpha value is -1.62. The first-order chi connectivity index (χ1) is 6.77. The molecule has 0 spiro atoms. The highest BCUT2D eigenvalue weighted by Crippen LogP contribution is 2.07. The Balaban J connectivity index is 2.25. The first-order valence-electron chi connectivity index (χ1n) is 4.36. The summed E-state index contributed by atoms with van der Waals surface area (Å²) in [5.41, 5.74) is 1.72. The molecule has 0 unspecified atom stereocenters. The van der Waals surface area contributed by atoms with Gasteiger partial charge in [-0.25, -0.2) is 0 Å². The van der Waals surface area contributed by atoms with E-state index in [1.54, 1.807) is 0 Å². The van der Waals surface area contributed by atoms with Gasteiger partial charge in [-0.1, -0.05) is 17.0 Å². The summed E-state index contributed by atoms with van der Waals surface area (Å²) in [5, 5.41) is 7.85. The summed E-state index contributed by atoms with van der Waals surface area (Å²) in [4.78, 5) is 8.74. The van der Waals surface area contributed by atoms with Gasteiger partial charge >= 0.3 is 0 Å². The molecular weight excluding hydrogens is 180 g/mol. The Bertz CT molecular complexity index is 423. The SMILES string of the molecule is CN(C)COn1nnc2ccccc21. The Kier molecular flexibility index (Phi) is 2.32. The van der Waals surface area contributed by atoms with Crippen LogP contribution in [0.25, 0.3) is 11.0 Å². The zero-order chi connectivity index (χ0) is 9.97. The zero-order valence-electron chi connectivity index (χ0n) is 8.21. The predicted octanol–water partition coefficient (Wildman–Crippen LogP) is 0.379. The minimum atomic E-state index is 0.480. The van der Waals surface area contributed by atoms with Crippen molar-refractivity contribution in [2.75, 3.05) is 20.8 Å². The van der Waals surface area contributed by atoms with E-state index in [1.165, 1.54) is 4.85 Å². The minimum absolute atomic E-state index is 0.480. The number of rotatable bonds is 3. The van der Waals surface area contributed by atoms with Gasteiger partial charge in [-0.2, -0.15) is 0 Å². The molecular formula is C9H12N4O. The summed E-state index contributed by atoms with van der Waals surface area (Å²) in [5.74, 6) is 0. The zero-order valence-corrected chi connectivity index (χ0v) is 8.21. The maximum atomic E-state index is 5.39. The van der Waals surface area contributed by atoms with Gasteiger partial charge in [-0.15, -0.1) is 5.10 Å². The molecule has 0 bridgehead atoms. The number of hydrogen-bond acceptors (Lipinski definition) is 4. The Morgan fingerprint density at radius 2 is 2.14 bits per heavy atom. The molecule has 0 saturated heterocycles. The maximum absolute atomic E-state index is 5.39. The van der Waals surface area contributed by atoms with Gasteiger partial charge in [-0.05, 0) is 31.4 Å². The minimum Gasteiger partial charge on any atom is -0.379 e. The largest absolute Gasteiger partial charge is 0.379 e. The van der Waals surface area contributed by atoms with Crippen molar-refractivity contribution in [3.8, 4) is 0 Å². The third kappa shape index (κ3) is 1.67. The maximum Gasteiger partial charge on any atom is 0.170 e. The normalized spacial score (nSPS) is 11.1. The number of para-hydroxylation sites is 1. The number of benzene rings is 1. The lowest BCUT2D eigenvalue weighted by Gasteiger charge is -2.10. The van der Waals surface area contributed by atoms with Crippen LogP contribution in [0.2, 0.25) is 0 Å². The van der Waals surface area contributed by atoms with E-state index in [2.05, 4.69) is 10.3 Å². The van der Waals surface area contributed by atoms with Crippen LogP contribution < -0.4 is 4.84 Å². The van der Waals surface area contributed by atoms with E-state index in [0.29, 0.717) is 6.73 Å². The molecule has 0 saturated carbocycles. The van der Waals surface area contributed by atoms with E-state index in [1.807, 2.05) is 43.3 Å². The fourth-order valence-electron chi connectivity index (χ4n) is 1.11. The van der Waals surface area contributed by atoms with Gasteiger partial charge in [0.1, 0.15) is 11.0 Å². The first kappa shape index (κ1) is 8.96. The standard InChI is InChI=1S/C9H12N4O/c1-12(2)7-14-13-9-6-4-3-5-8(9)10-11-13/h3-6H,7H2,1-2H3. The van der Waals surface area contributed by atoms with E-state index >= 15 is 0 Å². The molecule has 2 rings (SSSR count). The molecule has 0 aliphatic rings. The monoisotopic (exact) mass is 192 g/mol. The summed E-state index contributed by atoms with van der Waals surface area (Å²) in [6.45, 7) is 0.480. The average molecular weight is 192 g/mol. The summed E-state index contributed by atoms with van der Waals surface area (Å²) < 4.78 is 0. The second-order valence-corrected chi connectivity index (χ2v) is 3.29. The van der Waals surface area contributed by atoms with Crippen LogP contribution in [0.3, 0.4) is 0 Å². The van der Waals surface area contributed by atoms with Crippen LogP contribution >= 0.6 is 0 Å². The van der Waals surface area contributed by atoms with Gasteiger partial charge in [0.05, 0.1) is 0 Å². The van der Waals surface area contributed by atoms with Crippen LogP contribution in [0.1, 0.15) is 0 Å². The lowest BCUT2D eigenvalue weighted by molar-refractivity contribution is 0.0255. The summed E-state index contributed by atoms with van der Waals surface area (Å²) >= 11 is 0. The first-order valence-corrected chi connectivity index (χ1v) is 4.36. The highest BCUT2D eigenvalue weighted by atomic mass is 16.7. The molecule has 0 radical (unpaired) electrons. The molecule has 1 heterocycles. The van der Waals surface area contributed by atoms with Crippen molar-refractivity contribution in [1.29, 1.82) is 0 Å². The Labute approximate surface area is 81.8 Å². The summed E-state index contributed by atoms with van der Waals surface area (Å²) in [6.07, 6.45) is 0. The highest BCUT2D eigenvalue weighted by molar-refractivity contribution is 5.73. The van der Waals surface area contributed by atoms with E-state index in [4.69, 9.17) is 4.84 Å². The molecule has 0 N–H and O–H groups in total. The summed E-state index contributed by atoms with van der Waals surface area (Å²) in [6, 6.07) is 7.68. The van der Waals surface area contributed by atoms with E-state index < -0.39 is 0 Å². The van der Waals surface area contributed by atoms with E-state index in [0.717, 1.165) is 11.0 Å². The lowest BCUT2D eigenvalue weighted by atomic mass is 10.3. The average Bonchev–Trinajstić information content (AvgIpc) is 2.58. The van der Waals surface area contributed by atoms with E-state index in [-0.39, 0.29) is 0 Å². The van der Waals surface area contributed by atoms with Crippen molar-refractivity contribution < 1.29 is 4.84 Å². The van der Waals surface area contributed by atoms with Crippen LogP contribution in [-0.4, -0.2) is 40.9 Å². The molecule has 5 nitrogen and oxygen atoms in total. The van der Waals surface area contributed by atoms with Crippen LogP contribution in [0, 0.1) is 0 Å². The topological polar surface area (TPSA) is 43.2 Å².